The number of β-amino-alcohol motifs (C(OH)–C–C–N with tert-alkyl or cyclic N) is 1. The van der Waals surface area contributed by atoms with E-state index in [0.29, 0.717) is 31.0 Å². The number of para-hydroxylation sites is 1. The molecule has 0 aromatic heterocycles. The van der Waals surface area contributed by atoms with Crippen LogP contribution in [0.25, 0.3) is 0 Å². The van der Waals surface area contributed by atoms with Crippen LogP contribution in [0.2, 0.25) is 0 Å². The third-order valence-corrected chi connectivity index (χ3v) is 4.42. The number of hydrogen-bond donors (Lipinski definition) is 2. The Bertz CT molecular complexity index is 642. The average molecular weight is 485 g/mol. The van der Waals surface area contributed by atoms with E-state index in [1.54, 1.807) is 12.1 Å². The third kappa shape index (κ3) is 5.38. The number of ether oxygens (including phenoxy) is 1. The van der Waals surface area contributed by atoms with Crippen LogP contribution in [-0.4, -0.2) is 54.1 Å². The molecule has 0 amide bonds. The minimum absolute atomic E-state index is 0. The largest absolute Gasteiger partial charge is 0.573 e. The minimum atomic E-state index is -4.70. The van der Waals surface area contributed by atoms with Crippen LogP contribution < -0.4 is 10.1 Å². The van der Waals surface area contributed by atoms with Crippen LogP contribution in [0.3, 0.4) is 0 Å². The number of aliphatic hydroxyl groups excluding tert-OH is 1. The summed E-state index contributed by atoms with van der Waals surface area (Å²) >= 11 is 0. The summed E-state index contributed by atoms with van der Waals surface area (Å²) in [6.07, 6.45) is -3.65. The zero-order valence-corrected chi connectivity index (χ0v) is 16.7. The second kappa shape index (κ2) is 8.64. The molecule has 146 valence electrons. The normalized spacial score (nSPS) is 25.7. The van der Waals surface area contributed by atoms with Gasteiger partial charge in [-0.25, -0.2) is 0 Å². The Kier molecular flexibility index (Phi) is 7.00. The van der Waals surface area contributed by atoms with Gasteiger partial charge in [-0.1, -0.05) is 18.2 Å². The maximum Gasteiger partial charge on any atom is 0.573 e. The third-order valence-electron chi connectivity index (χ3n) is 4.42. The molecule has 3 rings (SSSR count). The van der Waals surface area contributed by atoms with Gasteiger partial charge in [0, 0.05) is 31.6 Å². The van der Waals surface area contributed by atoms with Crippen molar-refractivity contribution in [3.63, 3.8) is 0 Å². The van der Waals surface area contributed by atoms with Crippen LogP contribution >= 0.6 is 24.0 Å². The van der Waals surface area contributed by atoms with Gasteiger partial charge in [0.05, 0.1) is 6.10 Å². The second-order valence-electron chi connectivity index (χ2n) is 6.37. The lowest BCUT2D eigenvalue weighted by atomic mass is 10.1. The molecule has 26 heavy (non-hydrogen) atoms. The van der Waals surface area contributed by atoms with Gasteiger partial charge >= 0.3 is 6.36 Å². The fourth-order valence-electron chi connectivity index (χ4n) is 3.19. The standard InChI is InChI=1S/C17H22F3N3O2.HI/c1-2-21-16(23-8-7-11(24)10-23)22-14-9-13(14)12-5-3-4-6-15(12)25-17(18,19)20;/h3-6,11,13-14,24H,2,7-10H2,1H3,(H,21,22);1H/t11-,13?,14?;/m1./s1. The molecule has 2 N–H and O–H groups in total. The molecule has 5 nitrogen and oxygen atoms in total. The predicted molar refractivity (Wildman–Crippen MR) is 103 cm³/mol. The molecule has 1 heterocycles. The number of aliphatic imine (C=N–C) groups is 1. The highest BCUT2D eigenvalue weighted by Gasteiger charge is 2.43. The summed E-state index contributed by atoms with van der Waals surface area (Å²) in [4.78, 5) is 6.43. The minimum Gasteiger partial charge on any atom is -0.405 e. The van der Waals surface area contributed by atoms with Gasteiger partial charge in [0.1, 0.15) is 5.75 Å². The Morgan fingerprint density at radius 1 is 1.38 bits per heavy atom. The first-order valence-electron chi connectivity index (χ1n) is 8.46. The van der Waals surface area contributed by atoms with E-state index in [-0.39, 0.29) is 47.8 Å². The van der Waals surface area contributed by atoms with Gasteiger partial charge in [-0.05, 0) is 31.4 Å². The van der Waals surface area contributed by atoms with Crippen LogP contribution in [-0.2, 0) is 0 Å². The van der Waals surface area contributed by atoms with Crippen LogP contribution in [0, 0.1) is 0 Å². The summed E-state index contributed by atoms with van der Waals surface area (Å²) in [5.41, 5.74) is 0.551. The first-order valence-corrected chi connectivity index (χ1v) is 8.46. The monoisotopic (exact) mass is 485 g/mol. The molecular formula is C17H23F3IN3O2. The number of aliphatic hydroxyl groups is 1. The van der Waals surface area contributed by atoms with Gasteiger partial charge in [-0.15, -0.1) is 37.1 Å². The van der Waals surface area contributed by atoms with Crippen molar-refractivity contribution in [1.82, 2.24) is 10.2 Å². The molecule has 1 aromatic carbocycles. The number of alkyl halides is 3. The number of likely N-dealkylation sites (tertiary alicyclic amines) is 1. The lowest BCUT2D eigenvalue weighted by molar-refractivity contribution is -0.274. The first kappa shape index (κ1) is 21.1. The second-order valence-corrected chi connectivity index (χ2v) is 6.37. The summed E-state index contributed by atoms with van der Waals surface area (Å²) in [7, 11) is 0. The Morgan fingerprint density at radius 3 is 2.73 bits per heavy atom. The van der Waals surface area contributed by atoms with Crippen molar-refractivity contribution in [2.75, 3.05) is 19.6 Å². The number of nitrogens with zero attached hydrogens (tertiary/aromatic N) is 2. The highest BCUT2D eigenvalue weighted by Crippen LogP contribution is 2.45. The predicted octanol–water partition coefficient (Wildman–Crippen LogP) is 3.09. The van der Waals surface area contributed by atoms with E-state index in [0.717, 1.165) is 13.0 Å². The fraction of sp³-hybridized carbons (Fsp3) is 0.588. The van der Waals surface area contributed by atoms with Crippen molar-refractivity contribution in [2.45, 2.75) is 44.2 Å². The van der Waals surface area contributed by atoms with Crippen molar-refractivity contribution < 1.29 is 23.0 Å². The number of guanidine groups is 1. The summed E-state index contributed by atoms with van der Waals surface area (Å²) in [6.45, 7) is 3.76. The van der Waals surface area contributed by atoms with Gasteiger partial charge in [0.15, 0.2) is 5.96 Å². The van der Waals surface area contributed by atoms with Crippen LogP contribution in [0.15, 0.2) is 29.3 Å². The molecule has 2 fully saturated rings. The van der Waals surface area contributed by atoms with E-state index in [1.165, 1.54) is 12.1 Å². The topological polar surface area (TPSA) is 57.1 Å². The van der Waals surface area contributed by atoms with Gasteiger partial charge in [0.2, 0.25) is 0 Å². The highest BCUT2D eigenvalue weighted by molar-refractivity contribution is 14.0. The molecule has 1 aromatic rings. The summed E-state index contributed by atoms with van der Waals surface area (Å²) in [5, 5.41) is 13.0. The van der Waals surface area contributed by atoms with Crippen molar-refractivity contribution >= 4 is 29.9 Å². The molecule has 1 saturated heterocycles. The van der Waals surface area contributed by atoms with Gasteiger partial charge < -0.3 is 20.1 Å². The number of benzene rings is 1. The van der Waals surface area contributed by atoms with Crippen LogP contribution in [0.1, 0.15) is 31.2 Å². The van der Waals surface area contributed by atoms with E-state index < -0.39 is 6.36 Å². The van der Waals surface area contributed by atoms with E-state index in [9.17, 15) is 18.3 Å². The Balaban J connectivity index is 0.00000243. The van der Waals surface area contributed by atoms with E-state index in [1.807, 2.05) is 11.8 Å². The molecule has 1 aliphatic carbocycles. The SMILES string of the molecule is CCN=C(NC1CC1c1ccccc1OC(F)(F)F)N1CC[C@@H](O)C1.I. The van der Waals surface area contributed by atoms with Crippen molar-refractivity contribution in [3.8, 4) is 5.75 Å². The van der Waals surface area contributed by atoms with Crippen LogP contribution in [0.5, 0.6) is 5.75 Å². The molecule has 2 unspecified atom stereocenters. The zero-order chi connectivity index (χ0) is 18.0. The van der Waals surface area contributed by atoms with E-state index in [2.05, 4.69) is 15.0 Å². The maximum atomic E-state index is 12.6. The Labute approximate surface area is 167 Å². The fourth-order valence-corrected chi connectivity index (χ4v) is 3.19. The molecular weight excluding hydrogens is 462 g/mol. The number of rotatable bonds is 4. The Hall–Kier alpha value is -1.23. The highest BCUT2D eigenvalue weighted by atomic mass is 127. The first-order chi connectivity index (χ1) is 11.9. The van der Waals surface area contributed by atoms with Crippen molar-refractivity contribution in [1.29, 1.82) is 0 Å². The molecule has 9 heteroatoms. The van der Waals surface area contributed by atoms with Crippen molar-refractivity contribution in [2.24, 2.45) is 4.99 Å². The molecule has 3 atom stereocenters. The summed E-state index contributed by atoms with van der Waals surface area (Å²) in [5.74, 6) is 0.517. The quantitative estimate of drug-likeness (QED) is 0.391. The molecule has 0 bridgehead atoms. The Morgan fingerprint density at radius 2 is 2.12 bits per heavy atom. The summed E-state index contributed by atoms with van der Waals surface area (Å²) in [6, 6.07) is 6.28. The maximum absolute atomic E-state index is 12.6. The van der Waals surface area contributed by atoms with Crippen LogP contribution in [0.4, 0.5) is 13.2 Å². The summed E-state index contributed by atoms with van der Waals surface area (Å²) < 4.78 is 41.8. The molecule has 2 aliphatic rings. The van der Waals surface area contributed by atoms with Crippen molar-refractivity contribution in [3.05, 3.63) is 29.8 Å². The average Bonchev–Trinajstić information content (AvgIpc) is 3.16. The lowest BCUT2D eigenvalue weighted by Crippen LogP contribution is -2.42. The smallest absolute Gasteiger partial charge is 0.405 e. The van der Waals surface area contributed by atoms with Gasteiger partial charge in [0.25, 0.3) is 0 Å². The lowest BCUT2D eigenvalue weighted by Gasteiger charge is -2.22. The van der Waals surface area contributed by atoms with Gasteiger partial charge in [-0.2, -0.15) is 0 Å². The molecule has 0 radical (unpaired) electrons. The zero-order valence-electron chi connectivity index (χ0n) is 14.4. The number of nitrogens with one attached hydrogen (secondary N) is 1. The molecule has 1 saturated carbocycles. The molecule has 1 aliphatic heterocycles. The number of halogens is 4. The van der Waals surface area contributed by atoms with E-state index in [4.69, 9.17) is 0 Å². The molecule has 0 spiro atoms. The number of hydrogen-bond acceptors (Lipinski definition) is 3. The van der Waals surface area contributed by atoms with E-state index >= 15 is 0 Å². The van der Waals surface area contributed by atoms with Gasteiger partial charge in [-0.3, -0.25) is 4.99 Å².